The highest BCUT2D eigenvalue weighted by Gasteiger charge is 2.18. The maximum Gasteiger partial charge on any atom is 0.303 e. The van der Waals surface area contributed by atoms with Gasteiger partial charge in [-0.3, -0.25) is 4.79 Å². The van der Waals surface area contributed by atoms with Crippen molar-refractivity contribution in [2.45, 2.75) is 39.2 Å². The molecule has 3 nitrogen and oxygen atoms in total. The average Bonchev–Trinajstić information content (AvgIpc) is 2.72. The van der Waals surface area contributed by atoms with Crippen molar-refractivity contribution in [3.8, 4) is 17.6 Å². The minimum absolute atomic E-state index is 0.169. The smallest absolute Gasteiger partial charge is 0.303 e. The standard InChI is InChI=1S/C24H25NO2/c1-19-10-9-15-23(27-2)22(19)16-17-24(26)25(21-13-7-4-8-14-21)18-20-11-5-3-6-12-20/h3,5-6,9-13,15H,4,7-8,14,18H2,1-2H3. The molecule has 27 heavy (non-hydrogen) atoms. The Labute approximate surface area is 161 Å². The fourth-order valence-electron chi connectivity index (χ4n) is 3.29. The first-order valence-corrected chi connectivity index (χ1v) is 9.39. The Balaban J connectivity index is 1.89. The topological polar surface area (TPSA) is 29.5 Å². The van der Waals surface area contributed by atoms with Crippen molar-refractivity contribution < 1.29 is 9.53 Å². The predicted molar refractivity (Wildman–Crippen MR) is 108 cm³/mol. The van der Waals surface area contributed by atoms with Gasteiger partial charge in [0, 0.05) is 11.6 Å². The quantitative estimate of drug-likeness (QED) is 0.731. The van der Waals surface area contributed by atoms with E-state index in [-0.39, 0.29) is 5.91 Å². The fourth-order valence-corrected chi connectivity index (χ4v) is 3.29. The Morgan fingerprint density at radius 2 is 1.93 bits per heavy atom. The average molecular weight is 359 g/mol. The summed E-state index contributed by atoms with van der Waals surface area (Å²) in [5.74, 6) is 6.42. The van der Waals surface area contributed by atoms with Crippen LogP contribution in [0.5, 0.6) is 5.75 Å². The Morgan fingerprint density at radius 1 is 1.11 bits per heavy atom. The van der Waals surface area contributed by atoms with E-state index >= 15 is 0 Å². The number of allylic oxidation sites excluding steroid dienone is 2. The first-order valence-electron chi connectivity index (χ1n) is 9.39. The third kappa shape index (κ3) is 4.80. The molecule has 1 aliphatic rings. The number of rotatable bonds is 4. The molecule has 0 aliphatic heterocycles. The van der Waals surface area contributed by atoms with Crippen LogP contribution in [-0.4, -0.2) is 17.9 Å². The summed E-state index contributed by atoms with van der Waals surface area (Å²) in [6.45, 7) is 2.52. The molecule has 0 radical (unpaired) electrons. The third-order valence-corrected chi connectivity index (χ3v) is 4.79. The van der Waals surface area contributed by atoms with E-state index in [2.05, 4.69) is 17.9 Å². The van der Waals surface area contributed by atoms with Crippen LogP contribution in [0, 0.1) is 18.8 Å². The Bertz CT molecular complexity index is 888. The monoisotopic (exact) mass is 359 g/mol. The second kappa shape index (κ2) is 9.09. The lowest BCUT2D eigenvalue weighted by Crippen LogP contribution is -2.29. The molecule has 0 spiro atoms. The summed E-state index contributed by atoms with van der Waals surface area (Å²) >= 11 is 0. The van der Waals surface area contributed by atoms with E-state index in [1.807, 2.05) is 60.4 Å². The largest absolute Gasteiger partial charge is 0.495 e. The zero-order valence-electron chi connectivity index (χ0n) is 16.0. The summed E-state index contributed by atoms with van der Waals surface area (Å²) in [5, 5.41) is 0. The number of hydrogen-bond acceptors (Lipinski definition) is 2. The van der Waals surface area contributed by atoms with Gasteiger partial charge in [0.25, 0.3) is 0 Å². The molecule has 3 heteroatoms. The van der Waals surface area contributed by atoms with Gasteiger partial charge in [0.1, 0.15) is 5.75 Å². The molecule has 138 valence electrons. The van der Waals surface area contributed by atoms with Gasteiger partial charge >= 0.3 is 5.91 Å². The van der Waals surface area contributed by atoms with Crippen LogP contribution in [-0.2, 0) is 11.3 Å². The zero-order valence-corrected chi connectivity index (χ0v) is 16.0. The number of methoxy groups -OCH3 is 1. The summed E-state index contributed by atoms with van der Waals surface area (Å²) in [6.07, 6.45) is 6.42. The van der Waals surface area contributed by atoms with E-state index < -0.39 is 0 Å². The molecule has 0 aromatic heterocycles. The Hall–Kier alpha value is -2.99. The van der Waals surface area contributed by atoms with E-state index in [1.54, 1.807) is 7.11 Å². The lowest BCUT2D eigenvalue weighted by Gasteiger charge is -2.26. The number of carbonyl (C=O) groups excluding carboxylic acids is 1. The van der Waals surface area contributed by atoms with Crippen LogP contribution in [0.4, 0.5) is 0 Å². The summed E-state index contributed by atoms with van der Waals surface area (Å²) in [5.41, 5.74) is 3.96. The highest BCUT2D eigenvalue weighted by molar-refractivity contribution is 5.95. The number of hydrogen-bond donors (Lipinski definition) is 0. The number of benzene rings is 2. The maximum absolute atomic E-state index is 13.0. The molecule has 0 unspecified atom stereocenters. The van der Waals surface area contributed by atoms with Crippen molar-refractivity contribution >= 4 is 5.91 Å². The van der Waals surface area contributed by atoms with Gasteiger partial charge in [-0.25, -0.2) is 0 Å². The lowest BCUT2D eigenvalue weighted by atomic mass is 10.0. The molecule has 0 atom stereocenters. The van der Waals surface area contributed by atoms with Gasteiger partial charge in [0.2, 0.25) is 0 Å². The summed E-state index contributed by atoms with van der Waals surface area (Å²) in [7, 11) is 1.62. The van der Waals surface area contributed by atoms with Crippen LogP contribution in [0.25, 0.3) is 0 Å². The van der Waals surface area contributed by atoms with Crippen molar-refractivity contribution in [1.29, 1.82) is 0 Å². The summed E-state index contributed by atoms with van der Waals surface area (Å²) in [4.78, 5) is 14.8. The van der Waals surface area contributed by atoms with Crippen molar-refractivity contribution in [2.75, 3.05) is 7.11 Å². The van der Waals surface area contributed by atoms with Crippen LogP contribution >= 0.6 is 0 Å². The maximum atomic E-state index is 13.0. The molecule has 0 saturated carbocycles. The van der Waals surface area contributed by atoms with Gasteiger partial charge in [0.15, 0.2) is 0 Å². The molecule has 0 bridgehead atoms. The molecular weight excluding hydrogens is 334 g/mol. The van der Waals surface area contributed by atoms with E-state index in [0.29, 0.717) is 12.3 Å². The number of ether oxygens (including phenoxy) is 1. The van der Waals surface area contributed by atoms with Crippen molar-refractivity contribution in [3.05, 3.63) is 77.0 Å². The molecule has 2 aromatic rings. The van der Waals surface area contributed by atoms with Crippen LogP contribution in [0.1, 0.15) is 42.4 Å². The number of amides is 1. The van der Waals surface area contributed by atoms with Gasteiger partial charge in [-0.2, -0.15) is 0 Å². The molecule has 2 aromatic carbocycles. The van der Waals surface area contributed by atoms with E-state index in [0.717, 1.165) is 41.6 Å². The molecule has 0 N–H and O–H groups in total. The van der Waals surface area contributed by atoms with Crippen molar-refractivity contribution in [1.82, 2.24) is 4.90 Å². The molecule has 1 amide bonds. The van der Waals surface area contributed by atoms with E-state index in [1.165, 1.54) is 6.42 Å². The molecular formula is C24H25NO2. The lowest BCUT2D eigenvalue weighted by molar-refractivity contribution is -0.124. The van der Waals surface area contributed by atoms with E-state index in [4.69, 9.17) is 4.74 Å². The van der Waals surface area contributed by atoms with Gasteiger partial charge in [-0.1, -0.05) is 54.5 Å². The molecule has 0 heterocycles. The third-order valence-electron chi connectivity index (χ3n) is 4.79. The van der Waals surface area contributed by atoms with Crippen LogP contribution < -0.4 is 4.74 Å². The van der Waals surface area contributed by atoms with Gasteiger partial charge in [-0.15, -0.1) is 0 Å². The summed E-state index contributed by atoms with van der Waals surface area (Å²) in [6, 6.07) is 15.8. The van der Waals surface area contributed by atoms with Crippen molar-refractivity contribution in [2.24, 2.45) is 0 Å². The second-order valence-corrected chi connectivity index (χ2v) is 6.72. The molecule has 1 aliphatic carbocycles. The molecule has 3 rings (SSSR count). The minimum Gasteiger partial charge on any atom is -0.495 e. The summed E-state index contributed by atoms with van der Waals surface area (Å²) < 4.78 is 5.39. The SMILES string of the molecule is COc1cccc(C)c1C#CC(=O)N(Cc1ccccc1)C1=CCCCC1. The number of carbonyl (C=O) groups is 1. The molecule has 0 saturated heterocycles. The second-order valence-electron chi connectivity index (χ2n) is 6.72. The van der Waals surface area contributed by atoms with Gasteiger partial charge < -0.3 is 9.64 Å². The Morgan fingerprint density at radius 3 is 2.63 bits per heavy atom. The first-order chi connectivity index (χ1) is 13.2. The Kier molecular flexibility index (Phi) is 6.33. The van der Waals surface area contributed by atoms with Gasteiger partial charge in [-0.05, 0) is 49.8 Å². The zero-order chi connectivity index (χ0) is 19.1. The van der Waals surface area contributed by atoms with Gasteiger partial charge in [0.05, 0.1) is 19.2 Å². The number of aryl methyl sites for hydroxylation is 1. The van der Waals surface area contributed by atoms with Crippen LogP contribution in [0.3, 0.4) is 0 Å². The fraction of sp³-hybridized carbons (Fsp3) is 0.292. The molecule has 0 fully saturated rings. The van der Waals surface area contributed by atoms with Crippen LogP contribution in [0.2, 0.25) is 0 Å². The highest BCUT2D eigenvalue weighted by Crippen LogP contribution is 2.24. The normalized spacial score (nSPS) is 13.2. The minimum atomic E-state index is -0.169. The van der Waals surface area contributed by atoms with E-state index in [9.17, 15) is 4.79 Å². The first kappa shape index (κ1) is 18.8. The van der Waals surface area contributed by atoms with Crippen molar-refractivity contribution in [3.63, 3.8) is 0 Å². The number of nitrogens with zero attached hydrogens (tertiary/aromatic N) is 1. The predicted octanol–water partition coefficient (Wildman–Crippen LogP) is 4.84. The highest BCUT2D eigenvalue weighted by atomic mass is 16.5. The van der Waals surface area contributed by atoms with Crippen LogP contribution in [0.15, 0.2) is 60.3 Å².